The van der Waals surface area contributed by atoms with E-state index in [1.807, 2.05) is 26.0 Å². The van der Waals surface area contributed by atoms with Crippen LogP contribution >= 0.6 is 0 Å². The van der Waals surface area contributed by atoms with Gasteiger partial charge in [-0.15, -0.1) is 0 Å². The molecule has 0 bridgehead atoms. The van der Waals surface area contributed by atoms with E-state index < -0.39 is 6.10 Å². The quantitative estimate of drug-likeness (QED) is 0.650. The van der Waals surface area contributed by atoms with Crippen molar-refractivity contribution in [3.05, 3.63) is 29.3 Å². The molecule has 0 heterocycles. The van der Waals surface area contributed by atoms with E-state index in [0.29, 0.717) is 25.7 Å². The van der Waals surface area contributed by atoms with Gasteiger partial charge in [-0.3, -0.25) is 0 Å². The summed E-state index contributed by atoms with van der Waals surface area (Å²) in [6.07, 6.45) is -0.518. The minimum Gasteiger partial charge on any atom is -0.491 e. The second-order valence-electron chi connectivity index (χ2n) is 5.96. The maximum atomic E-state index is 9.87. The van der Waals surface area contributed by atoms with Crippen LogP contribution in [0.15, 0.2) is 18.2 Å². The maximum Gasteiger partial charge on any atom is 0.119 e. The van der Waals surface area contributed by atoms with E-state index in [-0.39, 0.29) is 0 Å². The van der Waals surface area contributed by atoms with Crippen LogP contribution in [0.2, 0.25) is 0 Å². The summed E-state index contributed by atoms with van der Waals surface area (Å²) < 4.78 is 11.1. The molecule has 1 rings (SSSR count). The SMILES string of the molecule is Cc1cc(C)cc(OCC(O)CNCCOCC(C)C)c1. The highest BCUT2D eigenvalue weighted by Gasteiger charge is 2.05. The Hall–Kier alpha value is -1.10. The van der Waals surface area contributed by atoms with E-state index in [2.05, 4.69) is 25.2 Å². The first-order valence-electron chi connectivity index (χ1n) is 7.65. The fourth-order valence-electron chi connectivity index (χ4n) is 2.00. The van der Waals surface area contributed by atoms with Gasteiger partial charge in [-0.2, -0.15) is 0 Å². The van der Waals surface area contributed by atoms with Gasteiger partial charge in [0, 0.05) is 19.7 Å². The van der Waals surface area contributed by atoms with Gasteiger partial charge >= 0.3 is 0 Å². The van der Waals surface area contributed by atoms with Crippen LogP contribution in [0.1, 0.15) is 25.0 Å². The molecule has 0 radical (unpaired) electrons. The molecule has 0 aromatic heterocycles. The van der Waals surface area contributed by atoms with E-state index in [0.717, 1.165) is 18.9 Å². The van der Waals surface area contributed by atoms with E-state index in [1.165, 1.54) is 11.1 Å². The van der Waals surface area contributed by atoms with Crippen molar-refractivity contribution in [2.45, 2.75) is 33.8 Å². The standard InChI is InChI=1S/C17H29NO3/c1-13(2)11-20-6-5-18-10-16(19)12-21-17-8-14(3)7-15(4)9-17/h7-9,13,16,18-19H,5-6,10-12H2,1-4H3. The molecule has 0 saturated carbocycles. The fourth-order valence-corrected chi connectivity index (χ4v) is 2.00. The predicted molar refractivity (Wildman–Crippen MR) is 85.9 cm³/mol. The van der Waals surface area contributed by atoms with Gasteiger partial charge < -0.3 is 19.9 Å². The van der Waals surface area contributed by atoms with Crippen molar-refractivity contribution in [1.82, 2.24) is 5.32 Å². The van der Waals surface area contributed by atoms with Crippen LogP contribution in [-0.2, 0) is 4.74 Å². The monoisotopic (exact) mass is 295 g/mol. The highest BCUT2D eigenvalue weighted by Crippen LogP contribution is 2.16. The zero-order chi connectivity index (χ0) is 15.7. The first-order valence-corrected chi connectivity index (χ1v) is 7.65. The molecule has 21 heavy (non-hydrogen) atoms. The third kappa shape index (κ3) is 8.71. The lowest BCUT2D eigenvalue weighted by Crippen LogP contribution is -2.33. The molecule has 1 atom stereocenters. The van der Waals surface area contributed by atoms with Crippen molar-refractivity contribution in [1.29, 1.82) is 0 Å². The average Bonchev–Trinajstić information content (AvgIpc) is 2.39. The lowest BCUT2D eigenvalue weighted by molar-refractivity contribution is 0.0924. The molecule has 4 heteroatoms. The van der Waals surface area contributed by atoms with Gasteiger partial charge in [-0.1, -0.05) is 19.9 Å². The number of aryl methyl sites for hydroxylation is 2. The molecule has 0 aliphatic heterocycles. The van der Waals surface area contributed by atoms with Gasteiger partial charge in [0.1, 0.15) is 18.5 Å². The van der Waals surface area contributed by atoms with Crippen LogP contribution in [0, 0.1) is 19.8 Å². The Labute approximate surface area is 128 Å². The molecule has 0 aliphatic carbocycles. The Kier molecular flexibility index (Phi) is 8.35. The van der Waals surface area contributed by atoms with Crippen LogP contribution in [0.5, 0.6) is 5.75 Å². The van der Waals surface area contributed by atoms with Crippen molar-refractivity contribution in [2.75, 3.05) is 32.9 Å². The molecule has 2 N–H and O–H groups in total. The summed E-state index contributed by atoms with van der Waals surface area (Å²) in [6, 6.07) is 6.06. The second kappa shape index (κ2) is 9.77. The third-order valence-corrected chi connectivity index (χ3v) is 2.89. The normalized spacial score (nSPS) is 12.7. The molecule has 0 spiro atoms. The predicted octanol–water partition coefficient (Wildman–Crippen LogP) is 2.31. The van der Waals surface area contributed by atoms with Gasteiger partial charge in [-0.25, -0.2) is 0 Å². The molecule has 0 saturated heterocycles. The smallest absolute Gasteiger partial charge is 0.119 e. The molecule has 4 nitrogen and oxygen atoms in total. The molecular formula is C17H29NO3. The number of benzene rings is 1. The lowest BCUT2D eigenvalue weighted by Gasteiger charge is -2.14. The molecule has 1 aromatic carbocycles. The number of hydrogen-bond donors (Lipinski definition) is 2. The number of ether oxygens (including phenoxy) is 2. The van der Waals surface area contributed by atoms with Gasteiger partial charge in [0.25, 0.3) is 0 Å². The van der Waals surface area contributed by atoms with Crippen LogP contribution in [0.25, 0.3) is 0 Å². The van der Waals surface area contributed by atoms with Gasteiger partial charge in [0.05, 0.1) is 6.61 Å². The Balaban J connectivity index is 2.12. The molecule has 0 fully saturated rings. The number of hydrogen-bond acceptors (Lipinski definition) is 4. The zero-order valence-electron chi connectivity index (χ0n) is 13.7. The van der Waals surface area contributed by atoms with Gasteiger partial charge in [0.2, 0.25) is 0 Å². The molecule has 120 valence electrons. The van der Waals surface area contributed by atoms with Crippen molar-refractivity contribution in [3.8, 4) is 5.75 Å². The van der Waals surface area contributed by atoms with Crippen LogP contribution in [-0.4, -0.2) is 44.1 Å². The summed E-state index contributed by atoms with van der Waals surface area (Å²) in [5.74, 6) is 1.37. The van der Waals surface area contributed by atoms with E-state index in [4.69, 9.17) is 9.47 Å². The third-order valence-electron chi connectivity index (χ3n) is 2.89. The largest absolute Gasteiger partial charge is 0.491 e. The van der Waals surface area contributed by atoms with Gasteiger partial charge in [0.15, 0.2) is 0 Å². The highest BCUT2D eigenvalue weighted by atomic mass is 16.5. The lowest BCUT2D eigenvalue weighted by atomic mass is 10.1. The Morgan fingerprint density at radius 3 is 2.38 bits per heavy atom. The minimum atomic E-state index is -0.518. The molecule has 1 unspecified atom stereocenters. The van der Waals surface area contributed by atoms with Crippen molar-refractivity contribution < 1.29 is 14.6 Å². The van der Waals surface area contributed by atoms with E-state index in [1.54, 1.807) is 0 Å². The zero-order valence-corrected chi connectivity index (χ0v) is 13.7. The van der Waals surface area contributed by atoms with Crippen LogP contribution in [0.4, 0.5) is 0 Å². The average molecular weight is 295 g/mol. The summed E-state index contributed by atoms with van der Waals surface area (Å²) in [5, 5.41) is 13.0. The summed E-state index contributed by atoms with van der Waals surface area (Å²) in [6.45, 7) is 11.3. The van der Waals surface area contributed by atoms with Crippen LogP contribution in [0.3, 0.4) is 0 Å². The fraction of sp³-hybridized carbons (Fsp3) is 0.647. The molecule has 1 aromatic rings. The maximum absolute atomic E-state index is 9.87. The summed E-state index contributed by atoms with van der Waals surface area (Å²) in [7, 11) is 0. The summed E-state index contributed by atoms with van der Waals surface area (Å²) >= 11 is 0. The Bertz CT molecular complexity index is 387. The van der Waals surface area contributed by atoms with E-state index >= 15 is 0 Å². The number of rotatable bonds is 10. The molecule has 0 amide bonds. The first kappa shape index (κ1) is 18.0. The molecule has 0 aliphatic rings. The van der Waals surface area contributed by atoms with Crippen molar-refractivity contribution in [2.24, 2.45) is 5.92 Å². The Morgan fingerprint density at radius 2 is 1.76 bits per heavy atom. The van der Waals surface area contributed by atoms with Crippen molar-refractivity contribution in [3.63, 3.8) is 0 Å². The highest BCUT2D eigenvalue weighted by molar-refractivity contribution is 5.32. The first-order chi connectivity index (χ1) is 9.97. The topological polar surface area (TPSA) is 50.7 Å². The van der Waals surface area contributed by atoms with Crippen molar-refractivity contribution >= 4 is 0 Å². The number of aliphatic hydroxyl groups excluding tert-OH is 1. The van der Waals surface area contributed by atoms with Gasteiger partial charge in [-0.05, 0) is 43.0 Å². The number of aliphatic hydroxyl groups is 1. The molecular weight excluding hydrogens is 266 g/mol. The minimum absolute atomic E-state index is 0.294. The van der Waals surface area contributed by atoms with E-state index in [9.17, 15) is 5.11 Å². The summed E-state index contributed by atoms with van der Waals surface area (Å²) in [4.78, 5) is 0. The number of nitrogens with one attached hydrogen (secondary N) is 1. The Morgan fingerprint density at radius 1 is 1.10 bits per heavy atom. The summed E-state index contributed by atoms with van der Waals surface area (Å²) in [5.41, 5.74) is 2.33. The van der Waals surface area contributed by atoms with Crippen LogP contribution < -0.4 is 10.1 Å². The second-order valence-corrected chi connectivity index (χ2v) is 5.96.